The lowest BCUT2D eigenvalue weighted by atomic mass is 10.1. The smallest absolute Gasteiger partial charge is 0.305 e. The van der Waals surface area contributed by atoms with Crippen molar-refractivity contribution >= 4 is 5.97 Å². The summed E-state index contributed by atoms with van der Waals surface area (Å²) in [5, 5.41) is 11.8. The van der Waals surface area contributed by atoms with Gasteiger partial charge < -0.3 is 57.8 Å². The van der Waals surface area contributed by atoms with E-state index in [1.165, 1.54) is 0 Å². The fourth-order valence-electron chi connectivity index (χ4n) is 3.26. The Hall–Kier alpha value is -0.970. The Morgan fingerprint density at radius 1 is 0.487 bits per heavy atom. The zero-order chi connectivity index (χ0) is 27.9. The quantitative estimate of drug-likeness (QED) is 0.111. The predicted molar refractivity (Wildman–Crippen MR) is 141 cm³/mol. The Morgan fingerprint density at radius 3 is 1.08 bits per heavy atom. The van der Waals surface area contributed by atoms with Crippen LogP contribution in [-0.2, 0) is 52.2 Å². The first kappa shape index (κ1) is 36.1. The molecule has 0 radical (unpaired) electrons. The molecule has 13 nitrogen and oxygen atoms in total. The molecule has 1 aliphatic rings. The molecule has 0 aromatic heterocycles. The molecule has 2 N–H and O–H groups in total. The molecule has 0 bridgehead atoms. The van der Waals surface area contributed by atoms with Gasteiger partial charge in [0.15, 0.2) is 0 Å². The first-order chi connectivity index (χ1) is 19.3. The molecule has 0 atom stereocenters. The summed E-state index contributed by atoms with van der Waals surface area (Å²) in [6.45, 7) is 11.4. The molecule has 232 valence electrons. The number of carbonyl (C=O) groups is 1. The van der Waals surface area contributed by atoms with Gasteiger partial charge in [0.05, 0.1) is 138 Å². The number of carboxylic acids is 1. The standard InChI is InChI=1S/C26H51NO12/c28-26(29)3-6-30-7-8-31-9-10-32-11-12-33-13-14-34-15-16-35-17-18-36-19-20-37-21-22-38-23-24-39-25-1-4-27-5-2-25/h25,27H,1-24H2,(H,28,29). The van der Waals surface area contributed by atoms with E-state index in [-0.39, 0.29) is 13.0 Å². The normalized spacial score (nSPS) is 14.3. The minimum absolute atomic E-state index is 0.00214. The summed E-state index contributed by atoms with van der Waals surface area (Å²) in [5.41, 5.74) is 0. The summed E-state index contributed by atoms with van der Waals surface area (Å²) in [6, 6.07) is 0. The van der Waals surface area contributed by atoms with Crippen LogP contribution in [0.5, 0.6) is 0 Å². The number of hydrogen-bond donors (Lipinski definition) is 2. The van der Waals surface area contributed by atoms with Crippen molar-refractivity contribution in [3.8, 4) is 0 Å². The van der Waals surface area contributed by atoms with Gasteiger partial charge in [-0.2, -0.15) is 0 Å². The van der Waals surface area contributed by atoms with Gasteiger partial charge in [0.1, 0.15) is 0 Å². The van der Waals surface area contributed by atoms with Crippen molar-refractivity contribution in [1.82, 2.24) is 5.32 Å². The molecule has 1 heterocycles. The summed E-state index contributed by atoms with van der Waals surface area (Å²) in [4.78, 5) is 10.3. The maximum absolute atomic E-state index is 10.3. The molecule has 39 heavy (non-hydrogen) atoms. The van der Waals surface area contributed by atoms with E-state index < -0.39 is 5.97 Å². The van der Waals surface area contributed by atoms with Crippen LogP contribution in [0.3, 0.4) is 0 Å². The molecule has 13 heteroatoms. The van der Waals surface area contributed by atoms with Gasteiger partial charge in [-0.1, -0.05) is 0 Å². The van der Waals surface area contributed by atoms with Crippen LogP contribution in [0.4, 0.5) is 0 Å². The summed E-state index contributed by atoms with van der Waals surface area (Å²) in [5.74, 6) is -0.871. The molecule has 1 fully saturated rings. The molecule has 0 aromatic rings. The second-order valence-corrected chi connectivity index (χ2v) is 8.48. The minimum Gasteiger partial charge on any atom is -0.481 e. The Labute approximate surface area is 232 Å². The van der Waals surface area contributed by atoms with Crippen LogP contribution >= 0.6 is 0 Å². The highest BCUT2D eigenvalue weighted by molar-refractivity contribution is 5.66. The summed E-state index contributed by atoms with van der Waals surface area (Å²) >= 11 is 0. The SMILES string of the molecule is O=C(O)CCOCCOCCOCCOCCOCCOCCOCCOCCOCCOC1CCNCC1. The third kappa shape index (κ3) is 28.4. The van der Waals surface area contributed by atoms with Crippen molar-refractivity contribution < 1.29 is 57.3 Å². The van der Waals surface area contributed by atoms with Crippen molar-refractivity contribution in [2.24, 2.45) is 0 Å². The monoisotopic (exact) mass is 569 g/mol. The summed E-state index contributed by atoms with van der Waals surface area (Å²) < 4.78 is 54.4. The van der Waals surface area contributed by atoms with Crippen molar-refractivity contribution in [2.75, 3.05) is 139 Å². The van der Waals surface area contributed by atoms with E-state index in [0.717, 1.165) is 25.9 Å². The van der Waals surface area contributed by atoms with Gasteiger partial charge in [-0.3, -0.25) is 4.79 Å². The number of piperidine rings is 1. The number of rotatable bonds is 31. The van der Waals surface area contributed by atoms with Crippen LogP contribution in [-0.4, -0.2) is 156 Å². The fourth-order valence-corrected chi connectivity index (χ4v) is 3.26. The molecule has 1 aliphatic heterocycles. The molecule has 0 spiro atoms. The van der Waals surface area contributed by atoms with E-state index in [2.05, 4.69) is 5.32 Å². The molecular formula is C26H51NO12. The molecule has 0 saturated carbocycles. The molecule has 0 amide bonds. The molecular weight excluding hydrogens is 518 g/mol. The lowest BCUT2D eigenvalue weighted by molar-refractivity contribution is -0.138. The van der Waals surface area contributed by atoms with Crippen molar-refractivity contribution in [3.05, 3.63) is 0 Å². The number of aliphatic carboxylic acids is 1. The predicted octanol–water partition coefficient (Wildman–Crippen LogP) is 0.379. The highest BCUT2D eigenvalue weighted by atomic mass is 16.6. The Balaban J connectivity index is 1.61. The number of hydrogen-bond acceptors (Lipinski definition) is 12. The Bertz CT molecular complexity index is 511. The highest BCUT2D eigenvalue weighted by Gasteiger charge is 2.12. The Morgan fingerprint density at radius 2 is 0.769 bits per heavy atom. The van der Waals surface area contributed by atoms with Crippen LogP contribution in [0.1, 0.15) is 19.3 Å². The van der Waals surface area contributed by atoms with Gasteiger partial charge in [0.2, 0.25) is 0 Å². The van der Waals surface area contributed by atoms with Crippen LogP contribution in [0.25, 0.3) is 0 Å². The second-order valence-electron chi connectivity index (χ2n) is 8.48. The largest absolute Gasteiger partial charge is 0.481 e. The Kier molecular flexibility index (Phi) is 27.7. The van der Waals surface area contributed by atoms with Gasteiger partial charge in [-0.15, -0.1) is 0 Å². The third-order valence-electron chi connectivity index (χ3n) is 5.30. The zero-order valence-corrected chi connectivity index (χ0v) is 23.5. The van der Waals surface area contributed by atoms with Crippen molar-refractivity contribution in [3.63, 3.8) is 0 Å². The van der Waals surface area contributed by atoms with E-state index in [1.54, 1.807) is 0 Å². The summed E-state index contributed by atoms with van der Waals surface area (Å²) in [6.07, 6.45) is 2.53. The molecule has 0 unspecified atom stereocenters. The summed E-state index contributed by atoms with van der Waals surface area (Å²) in [7, 11) is 0. The van der Waals surface area contributed by atoms with Crippen molar-refractivity contribution in [1.29, 1.82) is 0 Å². The fraction of sp³-hybridized carbons (Fsp3) is 0.962. The van der Waals surface area contributed by atoms with Gasteiger partial charge >= 0.3 is 5.97 Å². The lowest BCUT2D eigenvalue weighted by Gasteiger charge is -2.22. The topological polar surface area (TPSA) is 142 Å². The maximum atomic E-state index is 10.3. The second kappa shape index (κ2) is 30.0. The lowest BCUT2D eigenvalue weighted by Crippen LogP contribution is -2.33. The van der Waals surface area contributed by atoms with Crippen LogP contribution in [0.15, 0.2) is 0 Å². The van der Waals surface area contributed by atoms with Gasteiger partial charge in [-0.25, -0.2) is 0 Å². The first-order valence-electron chi connectivity index (χ1n) is 14.0. The van der Waals surface area contributed by atoms with E-state index >= 15 is 0 Å². The van der Waals surface area contributed by atoms with Gasteiger partial charge in [0, 0.05) is 0 Å². The molecule has 1 rings (SSSR count). The number of ether oxygens (including phenoxy) is 10. The average molecular weight is 570 g/mol. The van der Waals surface area contributed by atoms with Crippen LogP contribution in [0.2, 0.25) is 0 Å². The molecule has 0 aromatic carbocycles. The van der Waals surface area contributed by atoms with Crippen LogP contribution in [0, 0.1) is 0 Å². The van der Waals surface area contributed by atoms with Crippen molar-refractivity contribution in [2.45, 2.75) is 25.4 Å². The van der Waals surface area contributed by atoms with Crippen LogP contribution < -0.4 is 5.32 Å². The minimum atomic E-state index is -0.871. The zero-order valence-electron chi connectivity index (χ0n) is 23.5. The maximum Gasteiger partial charge on any atom is 0.305 e. The van der Waals surface area contributed by atoms with E-state index in [4.69, 9.17) is 52.5 Å². The first-order valence-corrected chi connectivity index (χ1v) is 14.0. The number of nitrogens with one attached hydrogen (secondary N) is 1. The van der Waals surface area contributed by atoms with E-state index in [0.29, 0.717) is 125 Å². The molecule has 1 saturated heterocycles. The third-order valence-corrected chi connectivity index (χ3v) is 5.30. The molecule has 0 aliphatic carbocycles. The van der Waals surface area contributed by atoms with E-state index in [9.17, 15) is 4.79 Å². The van der Waals surface area contributed by atoms with E-state index in [1.807, 2.05) is 0 Å². The highest BCUT2D eigenvalue weighted by Crippen LogP contribution is 2.06. The van der Waals surface area contributed by atoms with Gasteiger partial charge in [-0.05, 0) is 25.9 Å². The van der Waals surface area contributed by atoms with Gasteiger partial charge in [0.25, 0.3) is 0 Å². The average Bonchev–Trinajstić information content (AvgIpc) is 2.94. The number of carboxylic acid groups (broad SMARTS) is 1.